The van der Waals surface area contributed by atoms with Crippen molar-refractivity contribution in [3.8, 4) is 11.4 Å². The van der Waals surface area contributed by atoms with Crippen LogP contribution >= 0.6 is 24.4 Å². The molecule has 0 aliphatic carbocycles. The van der Waals surface area contributed by atoms with Crippen molar-refractivity contribution >= 4 is 40.9 Å². The molecule has 1 heterocycles. The standard InChI is InChI=1S/C21H17N5S2/c27-20(22-17-12-6-2-7-13-17)25(18-14-8-3-9-15-18)26-19(23-24-21(26)28)16-10-4-1-5-11-16/h1-15H,(H,22,27)(H,24,28). The number of anilines is 2. The second-order valence-electron chi connectivity index (χ2n) is 5.97. The first kappa shape index (κ1) is 18.1. The zero-order valence-corrected chi connectivity index (χ0v) is 16.5. The number of hydrogen-bond donors (Lipinski definition) is 2. The van der Waals surface area contributed by atoms with E-state index < -0.39 is 0 Å². The molecule has 4 rings (SSSR count). The van der Waals surface area contributed by atoms with Gasteiger partial charge in [-0.15, -0.1) is 0 Å². The van der Waals surface area contributed by atoms with Crippen molar-refractivity contribution < 1.29 is 0 Å². The third-order valence-corrected chi connectivity index (χ3v) is 4.64. The maximum absolute atomic E-state index is 5.76. The van der Waals surface area contributed by atoms with Crippen molar-refractivity contribution in [2.24, 2.45) is 0 Å². The molecule has 0 amide bonds. The van der Waals surface area contributed by atoms with Crippen molar-refractivity contribution in [3.05, 3.63) is 95.8 Å². The summed E-state index contributed by atoms with van der Waals surface area (Å²) in [6, 6.07) is 29.5. The van der Waals surface area contributed by atoms with Gasteiger partial charge in [0.05, 0.1) is 5.69 Å². The van der Waals surface area contributed by atoms with Gasteiger partial charge in [0.25, 0.3) is 0 Å². The van der Waals surface area contributed by atoms with Gasteiger partial charge < -0.3 is 5.32 Å². The van der Waals surface area contributed by atoms with Crippen molar-refractivity contribution in [1.82, 2.24) is 14.9 Å². The van der Waals surface area contributed by atoms with Gasteiger partial charge in [0, 0.05) is 11.3 Å². The molecular weight excluding hydrogens is 386 g/mol. The van der Waals surface area contributed by atoms with E-state index in [9.17, 15) is 0 Å². The lowest BCUT2D eigenvalue weighted by Gasteiger charge is -2.27. The van der Waals surface area contributed by atoms with Crippen LogP contribution in [-0.2, 0) is 0 Å². The molecule has 0 fully saturated rings. The molecule has 0 bridgehead atoms. The lowest BCUT2D eigenvalue weighted by atomic mass is 10.2. The van der Waals surface area contributed by atoms with Crippen molar-refractivity contribution in [1.29, 1.82) is 0 Å². The van der Waals surface area contributed by atoms with Crippen molar-refractivity contribution in [2.45, 2.75) is 0 Å². The molecule has 0 aliphatic heterocycles. The number of hydrogen-bond acceptors (Lipinski definition) is 3. The molecule has 0 atom stereocenters. The molecule has 0 unspecified atom stereocenters. The monoisotopic (exact) mass is 403 g/mol. The van der Waals surface area contributed by atoms with Crippen LogP contribution in [0, 0.1) is 4.77 Å². The average molecular weight is 404 g/mol. The summed E-state index contributed by atoms with van der Waals surface area (Å²) >= 11 is 11.3. The molecule has 28 heavy (non-hydrogen) atoms. The molecule has 0 spiro atoms. The van der Waals surface area contributed by atoms with Crippen LogP contribution in [0.2, 0.25) is 0 Å². The second kappa shape index (κ2) is 8.16. The molecule has 7 heteroatoms. The van der Waals surface area contributed by atoms with E-state index >= 15 is 0 Å². The van der Waals surface area contributed by atoms with Gasteiger partial charge in [-0.3, -0.25) is 0 Å². The Morgan fingerprint density at radius 3 is 2.07 bits per heavy atom. The predicted octanol–water partition coefficient (Wildman–Crippen LogP) is 5.27. The minimum absolute atomic E-state index is 0.444. The van der Waals surface area contributed by atoms with Crippen molar-refractivity contribution in [3.63, 3.8) is 0 Å². The third-order valence-electron chi connectivity index (χ3n) is 4.10. The van der Waals surface area contributed by atoms with Gasteiger partial charge >= 0.3 is 0 Å². The first-order valence-electron chi connectivity index (χ1n) is 8.68. The Hall–Kier alpha value is -3.29. The van der Waals surface area contributed by atoms with E-state index in [0.29, 0.717) is 15.7 Å². The fourth-order valence-corrected chi connectivity index (χ4v) is 3.36. The predicted molar refractivity (Wildman–Crippen MR) is 120 cm³/mol. The number of rotatable bonds is 4. The lowest BCUT2D eigenvalue weighted by molar-refractivity contribution is 0.834. The highest BCUT2D eigenvalue weighted by Crippen LogP contribution is 2.23. The molecule has 1 aromatic heterocycles. The van der Waals surface area contributed by atoms with Crippen LogP contribution in [0.4, 0.5) is 11.4 Å². The van der Waals surface area contributed by atoms with Crippen molar-refractivity contribution in [2.75, 3.05) is 10.3 Å². The molecule has 4 aromatic rings. The van der Waals surface area contributed by atoms with Gasteiger partial charge in [-0.25, -0.2) is 10.1 Å². The molecule has 0 aliphatic rings. The van der Waals surface area contributed by atoms with E-state index in [-0.39, 0.29) is 0 Å². The van der Waals surface area contributed by atoms with E-state index in [4.69, 9.17) is 24.4 Å². The van der Waals surface area contributed by atoms with Gasteiger partial charge in [0.15, 0.2) is 10.9 Å². The molecule has 138 valence electrons. The molecule has 0 saturated carbocycles. The molecule has 2 N–H and O–H groups in total. The van der Waals surface area contributed by atoms with Crippen LogP contribution in [-0.4, -0.2) is 20.0 Å². The van der Waals surface area contributed by atoms with Gasteiger partial charge in [-0.05, 0) is 48.7 Å². The Morgan fingerprint density at radius 2 is 1.43 bits per heavy atom. The van der Waals surface area contributed by atoms with Gasteiger partial charge in [-0.2, -0.15) is 9.77 Å². The van der Waals surface area contributed by atoms with E-state index in [0.717, 1.165) is 16.9 Å². The summed E-state index contributed by atoms with van der Waals surface area (Å²) in [4.78, 5) is 0. The van der Waals surface area contributed by atoms with Crippen LogP contribution in [0.3, 0.4) is 0 Å². The number of nitrogens with zero attached hydrogens (tertiary/aromatic N) is 3. The summed E-state index contributed by atoms with van der Waals surface area (Å²) in [5.74, 6) is 0.673. The summed E-state index contributed by atoms with van der Waals surface area (Å²) in [5, 5.41) is 12.9. The summed E-state index contributed by atoms with van der Waals surface area (Å²) in [7, 11) is 0. The summed E-state index contributed by atoms with van der Waals surface area (Å²) in [6.45, 7) is 0. The number of thiocarbonyl (C=S) groups is 1. The second-order valence-corrected chi connectivity index (χ2v) is 6.75. The largest absolute Gasteiger partial charge is 0.331 e. The number of H-pyrrole nitrogens is 1. The first-order chi connectivity index (χ1) is 13.7. The minimum atomic E-state index is 0.444. The molecular formula is C21H17N5S2. The fourth-order valence-electron chi connectivity index (χ4n) is 2.84. The number of aromatic amines is 1. The van der Waals surface area contributed by atoms with Crippen LogP contribution < -0.4 is 10.3 Å². The maximum Gasteiger partial charge on any atom is 0.215 e. The SMILES string of the molecule is S=C(Nc1ccccc1)N(c1ccccc1)n1c(-c2ccccc2)n[nH]c1=S. The normalized spacial score (nSPS) is 10.4. The van der Waals surface area contributed by atoms with E-state index in [1.165, 1.54) is 0 Å². The Labute approximate surface area is 173 Å². The number of nitrogens with one attached hydrogen (secondary N) is 2. The lowest BCUT2D eigenvalue weighted by Crippen LogP contribution is -2.39. The zero-order chi connectivity index (χ0) is 19.3. The maximum atomic E-state index is 5.76. The Morgan fingerprint density at radius 1 is 0.857 bits per heavy atom. The number of aromatic nitrogens is 3. The van der Waals surface area contributed by atoms with Crippen LogP contribution in [0.25, 0.3) is 11.4 Å². The highest BCUT2D eigenvalue weighted by Gasteiger charge is 2.20. The smallest absolute Gasteiger partial charge is 0.215 e. The number of para-hydroxylation sites is 2. The fraction of sp³-hybridized carbons (Fsp3) is 0. The Kier molecular flexibility index (Phi) is 5.27. The summed E-state index contributed by atoms with van der Waals surface area (Å²) < 4.78 is 2.25. The van der Waals surface area contributed by atoms with Gasteiger partial charge in [0.2, 0.25) is 4.77 Å². The highest BCUT2D eigenvalue weighted by atomic mass is 32.1. The summed E-state index contributed by atoms with van der Waals surface area (Å²) in [5.41, 5.74) is 2.69. The highest BCUT2D eigenvalue weighted by molar-refractivity contribution is 7.80. The van der Waals surface area contributed by atoms with Gasteiger partial charge in [0.1, 0.15) is 0 Å². The van der Waals surface area contributed by atoms with Crippen LogP contribution in [0.15, 0.2) is 91.0 Å². The van der Waals surface area contributed by atoms with E-state index in [1.54, 1.807) is 4.68 Å². The molecule has 0 saturated heterocycles. The average Bonchev–Trinajstić information content (AvgIpc) is 3.12. The van der Waals surface area contributed by atoms with E-state index in [2.05, 4.69) is 15.5 Å². The first-order valence-corrected chi connectivity index (χ1v) is 9.50. The summed E-state index contributed by atoms with van der Waals surface area (Å²) in [6.07, 6.45) is 0. The molecule has 0 radical (unpaired) electrons. The van der Waals surface area contributed by atoms with Crippen LogP contribution in [0.1, 0.15) is 0 Å². The molecule has 3 aromatic carbocycles. The van der Waals surface area contributed by atoms with E-state index in [1.807, 2.05) is 96.0 Å². The van der Waals surface area contributed by atoms with Crippen LogP contribution in [0.5, 0.6) is 0 Å². The minimum Gasteiger partial charge on any atom is -0.331 e. The Balaban J connectivity index is 1.83. The third kappa shape index (κ3) is 3.71. The quantitative estimate of drug-likeness (QED) is 0.454. The van der Waals surface area contributed by atoms with Gasteiger partial charge in [-0.1, -0.05) is 66.7 Å². The zero-order valence-electron chi connectivity index (χ0n) is 14.8. The molecule has 5 nitrogen and oxygen atoms in total. The Bertz CT molecular complexity index is 1120. The topological polar surface area (TPSA) is 48.9 Å². The number of benzene rings is 3.